The monoisotopic (exact) mass is 297 g/mol. The Morgan fingerprint density at radius 3 is 2.59 bits per heavy atom. The molecule has 0 aliphatic rings. The highest BCUT2D eigenvalue weighted by Crippen LogP contribution is 2.38. The van der Waals surface area contributed by atoms with Crippen LogP contribution in [-0.4, -0.2) is 16.2 Å². The van der Waals surface area contributed by atoms with Crippen LogP contribution in [0.3, 0.4) is 0 Å². The molecule has 0 spiro atoms. The van der Waals surface area contributed by atoms with E-state index in [2.05, 4.69) is 5.16 Å². The van der Waals surface area contributed by atoms with Gasteiger partial charge in [0.1, 0.15) is 28.4 Å². The Kier molecular flexibility index (Phi) is 2.45. The topological polar surface area (TPSA) is 89.6 Å². The highest BCUT2D eigenvalue weighted by atomic mass is 16.5. The number of rotatable bonds is 2. The molecule has 6 heteroatoms. The van der Waals surface area contributed by atoms with Crippen molar-refractivity contribution in [1.29, 1.82) is 0 Å². The highest BCUT2D eigenvalue weighted by Gasteiger charge is 2.21. The molecule has 4 rings (SSSR count). The molecule has 0 bridgehead atoms. The first-order valence-electron chi connectivity index (χ1n) is 6.66. The summed E-state index contributed by atoms with van der Waals surface area (Å²) in [5.41, 5.74) is 2.41. The van der Waals surface area contributed by atoms with Crippen LogP contribution in [0, 0.1) is 13.8 Å². The largest absolute Gasteiger partial charge is 0.475 e. The number of hydrogen-bond acceptors (Lipinski definition) is 5. The van der Waals surface area contributed by atoms with Crippen LogP contribution in [0.5, 0.6) is 0 Å². The molecule has 1 aromatic carbocycles. The van der Waals surface area contributed by atoms with E-state index in [0.717, 1.165) is 22.3 Å². The molecule has 0 aliphatic carbocycles. The van der Waals surface area contributed by atoms with Crippen molar-refractivity contribution in [2.75, 3.05) is 0 Å². The summed E-state index contributed by atoms with van der Waals surface area (Å²) in [6.07, 6.45) is 0. The summed E-state index contributed by atoms with van der Waals surface area (Å²) in [4.78, 5) is 11.0. The smallest absolute Gasteiger partial charge is 0.374 e. The van der Waals surface area contributed by atoms with E-state index >= 15 is 0 Å². The minimum absolute atomic E-state index is 0.219. The number of carboxylic acid groups (broad SMARTS) is 1. The second-order valence-corrected chi connectivity index (χ2v) is 5.18. The van der Waals surface area contributed by atoms with E-state index in [1.807, 2.05) is 32.0 Å². The van der Waals surface area contributed by atoms with Crippen LogP contribution in [0.2, 0.25) is 0 Å². The summed E-state index contributed by atoms with van der Waals surface area (Å²) in [6.45, 7) is 3.70. The zero-order valence-electron chi connectivity index (χ0n) is 11.8. The molecule has 3 heterocycles. The Morgan fingerprint density at radius 2 is 1.86 bits per heavy atom. The number of fused-ring (bicyclic) bond motifs is 2. The summed E-state index contributed by atoms with van der Waals surface area (Å²) < 4.78 is 16.3. The summed E-state index contributed by atoms with van der Waals surface area (Å²) in [7, 11) is 0. The molecule has 0 saturated heterocycles. The third kappa shape index (κ3) is 1.74. The molecule has 0 aliphatic heterocycles. The van der Waals surface area contributed by atoms with E-state index < -0.39 is 5.97 Å². The predicted octanol–water partition coefficient (Wildman–Crippen LogP) is 4.15. The van der Waals surface area contributed by atoms with Crippen molar-refractivity contribution < 1.29 is 23.3 Å². The molecule has 0 unspecified atom stereocenters. The standard InChI is InChI=1S/C16H11NO5/c1-7-3-9-5-12-10(4-8(2)20-12)14(15(9)21-7)11-6-13(16(18)19)22-17-11/h3-6H,1-2H3,(H,18,19). The SMILES string of the molecule is Cc1cc2c(-c3cc(C(=O)O)on3)c3oc(C)cc3cc2o1. The van der Waals surface area contributed by atoms with E-state index in [1.54, 1.807) is 0 Å². The fourth-order valence-corrected chi connectivity index (χ4v) is 2.68. The van der Waals surface area contributed by atoms with Crippen LogP contribution in [0.1, 0.15) is 22.1 Å². The first-order chi connectivity index (χ1) is 10.5. The number of nitrogens with zero attached hydrogens (tertiary/aromatic N) is 1. The van der Waals surface area contributed by atoms with Gasteiger partial charge in [0.25, 0.3) is 0 Å². The molecule has 4 aromatic rings. The van der Waals surface area contributed by atoms with Crippen molar-refractivity contribution in [3.05, 3.63) is 41.5 Å². The van der Waals surface area contributed by atoms with E-state index in [1.165, 1.54) is 6.07 Å². The second-order valence-electron chi connectivity index (χ2n) is 5.18. The van der Waals surface area contributed by atoms with Crippen LogP contribution in [0.4, 0.5) is 0 Å². The van der Waals surface area contributed by atoms with Crippen LogP contribution in [-0.2, 0) is 0 Å². The maximum Gasteiger partial charge on any atom is 0.374 e. The van der Waals surface area contributed by atoms with Gasteiger partial charge in [-0.3, -0.25) is 0 Å². The Bertz CT molecular complexity index is 979. The molecule has 0 fully saturated rings. The Hall–Kier alpha value is -3.02. The summed E-state index contributed by atoms with van der Waals surface area (Å²) >= 11 is 0. The van der Waals surface area contributed by atoms with Crippen molar-refractivity contribution in [1.82, 2.24) is 5.16 Å². The van der Waals surface area contributed by atoms with E-state index in [9.17, 15) is 4.79 Å². The molecule has 0 radical (unpaired) electrons. The average molecular weight is 297 g/mol. The summed E-state index contributed by atoms with van der Waals surface area (Å²) in [6, 6.07) is 7.05. The Morgan fingerprint density at radius 1 is 1.09 bits per heavy atom. The van der Waals surface area contributed by atoms with Gasteiger partial charge >= 0.3 is 5.97 Å². The minimum Gasteiger partial charge on any atom is -0.475 e. The summed E-state index contributed by atoms with van der Waals surface area (Å²) in [5, 5.41) is 14.6. The highest BCUT2D eigenvalue weighted by molar-refractivity contribution is 6.09. The van der Waals surface area contributed by atoms with Crippen LogP contribution < -0.4 is 0 Å². The molecular weight excluding hydrogens is 286 g/mol. The quantitative estimate of drug-likeness (QED) is 0.597. The summed E-state index contributed by atoms with van der Waals surface area (Å²) in [5.74, 6) is 0.120. The van der Waals surface area contributed by atoms with Crippen molar-refractivity contribution in [3.63, 3.8) is 0 Å². The van der Waals surface area contributed by atoms with Gasteiger partial charge in [-0.1, -0.05) is 5.16 Å². The van der Waals surface area contributed by atoms with Gasteiger partial charge in [0.2, 0.25) is 5.76 Å². The number of benzene rings is 1. The van der Waals surface area contributed by atoms with Gasteiger partial charge in [0.05, 0.1) is 5.56 Å². The lowest BCUT2D eigenvalue weighted by molar-refractivity contribution is 0.0652. The van der Waals surface area contributed by atoms with Crippen LogP contribution in [0.15, 0.2) is 37.6 Å². The molecule has 0 amide bonds. The van der Waals surface area contributed by atoms with E-state index in [4.69, 9.17) is 18.5 Å². The number of hydrogen-bond donors (Lipinski definition) is 1. The zero-order valence-corrected chi connectivity index (χ0v) is 11.8. The Balaban J connectivity index is 2.12. The number of aromatic carboxylic acids is 1. The van der Waals surface area contributed by atoms with Crippen molar-refractivity contribution >= 4 is 27.9 Å². The predicted molar refractivity (Wildman–Crippen MR) is 77.9 cm³/mol. The lowest BCUT2D eigenvalue weighted by atomic mass is 10.0. The molecule has 3 aromatic heterocycles. The molecule has 0 atom stereocenters. The molecule has 22 heavy (non-hydrogen) atoms. The van der Waals surface area contributed by atoms with Crippen LogP contribution >= 0.6 is 0 Å². The van der Waals surface area contributed by atoms with Gasteiger partial charge < -0.3 is 18.5 Å². The third-order valence-electron chi connectivity index (χ3n) is 3.53. The first-order valence-corrected chi connectivity index (χ1v) is 6.66. The maximum atomic E-state index is 11.0. The zero-order chi connectivity index (χ0) is 15.4. The van der Waals surface area contributed by atoms with Gasteiger partial charge in [0, 0.05) is 16.8 Å². The lowest BCUT2D eigenvalue weighted by Crippen LogP contribution is -1.91. The molecule has 110 valence electrons. The van der Waals surface area contributed by atoms with Crippen molar-refractivity contribution in [2.45, 2.75) is 13.8 Å². The van der Waals surface area contributed by atoms with Crippen molar-refractivity contribution in [3.8, 4) is 11.3 Å². The van der Waals surface area contributed by atoms with Gasteiger partial charge in [-0.25, -0.2) is 4.79 Å². The molecular formula is C16H11NO5. The van der Waals surface area contributed by atoms with Crippen LogP contribution in [0.25, 0.3) is 33.2 Å². The first kappa shape index (κ1) is 12.7. The van der Waals surface area contributed by atoms with Crippen molar-refractivity contribution in [2.24, 2.45) is 0 Å². The van der Waals surface area contributed by atoms with Gasteiger partial charge in [-0.2, -0.15) is 0 Å². The third-order valence-corrected chi connectivity index (χ3v) is 3.53. The fraction of sp³-hybridized carbons (Fsp3) is 0.125. The fourth-order valence-electron chi connectivity index (χ4n) is 2.68. The van der Waals surface area contributed by atoms with Gasteiger partial charge in [-0.15, -0.1) is 0 Å². The minimum atomic E-state index is -1.17. The number of aromatic nitrogens is 1. The second kappa shape index (κ2) is 4.24. The lowest BCUT2D eigenvalue weighted by Gasteiger charge is -1.99. The molecule has 6 nitrogen and oxygen atoms in total. The number of aryl methyl sites for hydroxylation is 2. The van der Waals surface area contributed by atoms with Gasteiger partial charge in [-0.05, 0) is 32.0 Å². The molecule has 1 N–H and O–H groups in total. The number of furan rings is 2. The average Bonchev–Trinajstić information content (AvgIpc) is 3.12. The number of carbonyl (C=O) groups is 1. The maximum absolute atomic E-state index is 11.0. The Labute approximate surface area is 123 Å². The van der Waals surface area contributed by atoms with E-state index in [-0.39, 0.29) is 5.76 Å². The van der Waals surface area contributed by atoms with E-state index in [0.29, 0.717) is 22.4 Å². The molecule has 0 saturated carbocycles. The normalized spacial score (nSPS) is 11.5. The van der Waals surface area contributed by atoms with Gasteiger partial charge in [0.15, 0.2) is 0 Å². The number of carboxylic acids is 1.